The van der Waals surface area contributed by atoms with Crippen molar-refractivity contribution < 1.29 is 5.11 Å². The van der Waals surface area contributed by atoms with Crippen molar-refractivity contribution in [2.24, 2.45) is 0 Å². The SMILES string of the molecule is CN1c2ccccc2NC(c2ccc(Br)cc2)c2c1c[nH]c2O. The van der Waals surface area contributed by atoms with Crippen molar-refractivity contribution >= 4 is 33.0 Å². The first-order valence-electron chi connectivity index (χ1n) is 7.40. The third kappa shape index (κ3) is 2.28. The van der Waals surface area contributed by atoms with Gasteiger partial charge in [-0.2, -0.15) is 0 Å². The lowest BCUT2D eigenvalue weighted by molar-refractivity contribution is 0.449. The Hall–Kier alpha value is -2.40. The van der Waals surface area contributed by atoms with E-state index in [1.54, 1.807) is 0 Å². The Labute approximate surface area is 142 Å². The van der Waals surface area contributed by atoms with Crippen molar-refractivity contribution in [3.8, 4) is 5.88 Å². The largest absolute Gasteiger partial charge is 0.494 e. The summed E-state index contributed by atoms with van der Waals surface area (Å²) in [4.78, 5) is 5.03. The Balaban J connectivity index is 1.93. The number of aromatic nitrogens is 1. The summed E-state index contributed by atoms with van der Waals surface area (Å²) in [5, 5.41) is 13.9. The molecule has 0 bridgehead atoms. The van der Waals surface area contributed by atoms with E-state index in [0.29, 0.717) is 0 Å². The Morgan fingerprint density at radius 1 is 1.04 bits per heavy atom. The second-order valence-electron chi connectivity index (χ2n) is 5.64. The molecule has 1 unspecified atom stereocenters. The average molecular weight is 370 g/mol. The molecule has 3 aromatic rings. The number of halogens is 1. The van der Waals surface area contributed by atoms with E-state index < -0.39 is 0 Å². The molecule has 2 heterocycles. The van der Waals surface area contributed by atoms with Crippen LogP contribution < -0.4 is 10.2 Å². The van der Waals surface area contributed by atoms with Gasteiger partial charge in [0.05, 0.1) is 28.7 Å². The maximum atomic E-state index is 10.4. The van der Waals surface area contributed by atoms with E-state index in [4.69, 9.17) is 0 Å². The molecule has 0 spiro atoms. The van der Waals surface area contributed by atoms with Crippen LogP contribution in [0.3, 0.4) is 0 Å². The van der Waals surface area contributed by atoms with Crippen LogP contribution in [0, 0.1) is 0 Å². The summed E-state index contributed by atoms with van der Waals surface area (Å²) >= 11 is 3.47. The monoisotopic (exact) mass is 369 g/mol. The Bertz CT molecular complexity index is 857. The highest BCUT2D eigenvalue weighted by Crippen LogP contribution is 2.46. The van der Waals surface area contributed by atoms with Gasteiger partial charge in [0.2, 0.25) is 0 Å². The molecular weight excluding hydrogens is 354 g/mol. The molecule has 0 aliphatic carbocycles. The predicted molar refractivity (Wildman–Crippen MR) is 96.6 cm³/mol. The van der Waals surface area contributed by atoms with E-state index in [9.17, 15) is 5.11 Å². The van der Waals surface area contributed by atoms with Gasteiger partial charge in [0, 0.05) is 17.7 Å². The summed E-state index contributed by atoms with van der Waals surface area (Å²) in [6.07, 6.45) is 1.85. The minimum Gasteiger partial charge on any atom is -0.494 e. The minimum atomic E-state index is -0.129. The Kier molecular flexibility index (Phi) is 3.31. The fraction of sp³-hybridized carbons (Fsp3) is 0.111. The van der Waals surface area contributed by atoms with Crippen molar-refractivity contribution in [3.05, 3.63) is 70.3 Å². The van der Waals surface area contributed by atoms with Crippen LogP contribution in [0.2, 0.25) is 0 Å². The van der Waals surface area contributed by atoms with Crippen LogP contribution in [-0.2, 0) is 0 Å². The van der Waals surface area contributed by atoms with Crippen LogP contribution in [0.25, 0.3) is 0 Å². The molecule has 0 amide bonds. The van der Waals surface area contributed by atoms with Crippen LogP contribution in [0.4, 0.5) is 17.1 Å². The number of para-hydroxylation sites is 2. The number of rotatable bonds is 1. The van der Waals surface area contributed by atoms with Crippen molar-refractivity contribution in [1.82, 2.24) is 4.98 Å². The lowest BCUT2D eigenvalue weighted by Gasteiger charge is -2.19. The van der Waals surface area contributed by atoms with E-state index in [1.165, 1.54) is 0 Å². The number of aromatic hydroxyl groups is 1. The number of benzene rings is 2. The second-order valence-corrected chi connectivity index (χ2v) is 6.56. The molecule has 4 nitrogen and oxygen atoms in total. The minimum absolute atomic E-state index is 0.129. The lowest BCUT2D eigenvalue weighted by atomic mass is 9.99. The van der Waals surface area contributed by atoms with Crippen LogP contribution in [0.15, 0.2) is 59.2 Å². The summed E-state index contributed by atoms with van der Waals surface area (Å²) in [5.74, 6) is 0.195. The molecular formula is C18H16BrN3O. The molecule has 0 radical (unpaired) electrons. The van der Waals surface area contributed by atoms with Gasteiger partial charge >= 0.3 is 0 Å². The van der Waals surface area contributed by atoms with E-state index in [2.05, 4.69) is 55.4 Å². The zero-order valence-corrected chi connectivity index (χ0v) is 14.1. The zero-order valence-electron chi connectivity index (χ0n) is 12.5. The fourth-order valence-electron chi connectivity index (χ4n) is 3.13. The molecule has 0 fully saturated rings. The first-order valence-corrected chi connectivity index (χ1v) is 8.19. The van der Waals surface area contributed by atoms with Crippen LogP contribution in [0.5, 0.6) is 5.88 Å². The molecule has 3 N–H and O–H groups in total. The van der Waals surface area contributed by atoms with Gasteiger partial charge in [0.25, 0.3) is 0 Å². The number of hydrogen-bond donors (Lipinski definition) is 3. The van der Waals surface area contributed by atoms with E-state index >= 15 is 0 Å². The van der Waals surface area contributed by atoms with Gasteiger partial charge in [0.1, 0.15) is 0 Å². The number of anilines is 3. The molecule has 0 saturated heterocycles. The number of H-pyrrole nitrogens is 1. The molecule has 1 aliphatic heterocycles. The third-order valence-corrected chi connectivity index (χ3v) is 4.82. The van der Waals surface area contributed by atoms with Gasteiger partial charge in [-0.05, 0) is 29.8 Å². The standard InChI is InChI=1S/C18H16BrN3O/c1-22-14-5-3-2-4-13(14)21-17(11-6-8-12(19)9-7-11)16-15(22)10-20-18(16)23/h2-10,17,20-21,23H,1H3. The normalized spacial score (nSPS) is 16.3. The van der Waals surface area contributed by atoms with E-state index in [0.717, 1.165) is 32.7 Å². The van der Waals surface area contributed by atoms with Crippen molar-refractivity contribution in [3.63, 3.8) is 0 Å². The molecule has 116 valence electrons. The molecule has 1 aliphatic rings. The smallest absolute Gasteiger partial charge is 0.196 e. The number of aromatic amines is 1. The fourth-order valence-corrected chi connectivity index (χ4v) is 3.39. The van der Waals surface area contributed by atoms with E-state index in [-0.39, 0.29) is 11.9 Å². The molecule has 1 aromatic heterocycles. The maximum Gasteiger partial charge on any atom is 0.196 e. The Morgan fingerprint density at radius 3 is 2.57 bits per heavy atom. The quantitative estimate of drug-likeness (QED) is 0.579. The van der Waals surface area contributed by atoms with Crippen LogP contribution in [0.1, 0.15) is 17.2 Å². The highest BCUT2D eigenvalue weighted by molar-refractivity contribution is 9.10. The summed E-state index contributed by atoms with van der Waals surface area (Å²) in [6.45, 7) is 0. The van der Waals surface area contributed by atoms with Crippen molar-refractivity contribution in [2.75, 3.05) is 17.3 Å². The molecule has 23 heavy (non-hydrogen) atoms. The first kappa shape index (κ1) is 14.2. The molecule has 5 heteroatoms. The summed E-state index contributed by atoms with van der Waals surface area (Å²) in [7, 11) is 2.01. The Morgan fingerprint density at radius 2 is 1.78 bits per heavy atom. The van der Waals surface area contributed by atoms with E-state index in [1.807, 2.05) is 37.5 Å². The third-order valence-electron chi connectivity index (χ3n) is 4.30. The molecule has 4 rings (SSSR count). The van der Waals surface area contributed by atoms with Gasteiger partial charge in [-0.3, -0.25) is 0 Å². The van der Waals surface area contributed by atoms with Crippen molar-refractivity contribution in [1.29, 1.82) is 0 Å². The van der Waals surface area contributed by atoms with Gasteiger partial charge in [0.15, 0.2) is 5.88 Å². The topological polar surface area (TPSA) is 51.3 Å². The van der Waals surface area contributed by atoms with Crippen LogP contribution in [-0.4, -0.2) is 17.1 Å². The highest BCUT2D eigenvalue weighted by Gasteiger charge is 2.29. The number of nitrogens with one attached hydrogen (secondary N) is 2. The van der Waals surface area contributed by atoms with Gasteiger partial charge in [-0.15, -0.1) is 0 Å². The second kappa shape index (κ2) is 5.35. The molecule has 0 saturated carbocycles. The highest BCUT2D eigenvalue weighted by atomic mass is 79.9. The summed E-state index contributed by atoms with van der Waals surface area (Å²) < 4.78 is 1.03. The number of hydrogen-bond acceptors (Lipinski definition) is 3. The maximum absolute atomic E-state index is 10.4. The van der Waals surface area contributed by atoms with Crippen molar-refractivity contribution in [2.45, 2.75) is 6.04 Å². The van der Waals surface area contributed by atoms with Crippen LogP contribution >= 0.6 is 15.9 Å². The molecule has 2 aromatic carbocycles. The number of nitrogens with zero attached hydrogens (tertiary/aromatic N) is 1. The summed E-state index contributed by atoms with van der Waals surface area (Å²) in [5.41, 5.74) is 5.03. The van der Waals surface area contributed by atoms with Gasteiger partial charge < -0.3 is 20.3 Å². The average Bonchev–Trinajstić information content (AvgIpc) is 2.89. The van der Waals surface area contributed by atoms with Gasteiger partial charge in [-0.25, -0.2) is 0 Å². The number of fused-ring (bicyclic) bond motifs is 2. The van der Waals surface area contributed by atoms with Gasteiger partial charge in [-0.1, -0.05) is 40.2 Å². The first-order chi connectivity index (χ1) is 11.1. The molecule has 1 atom stereocenters. The predicted octanol–water partition coefficient (Wildman–Crippen LogP) is 4.77. The zero-order chi connectivity index (χ0) is 16.0. The summed E-state index contributed by atoms with van der Waals surface area (Å²) in [6, 6.07) is 16.2. The lowest BCUT2D eigenvalue weighted by Crippen LogP contribution is -2.11.